The average Bonchev–Trinajstić information content (AvgIpc) is 3.08. The third-order valence-corrected chi connectivity index (χ3v) is 7.05. The Labute approximate surface area is 206 Å². The molecule has 0 radical (unpaired) electrons. The van der Waals surface area contributed by atoms with Crippen LogP contribution < -0.4 is 10.6 Å². The molecule has 2 rings (SSSR count). The summed E-state index contributed by atoms with van der Waals surface area (Å²) in [6.45, 7) is 15.4. The molecule has 2 aromatic rings. The number of thiophene rings is 1. The number of hydrogen-bond donors (Lipinski definition) is 2. The smallest absolute Gasteiger partial charge is 0.341 e. The van der Waals surface area contributed by atoms with Crippen molar-refractivity contribution in [2.75, 3.05) is 25.5 Å². The third-order valence-electron chi connectivity index (χ3n) is 5.63. The topological polar surface area (TPSA) is 70.7 Å². The van der Waals surface area contributed by atoms with Crippen LogP contribution in [0.1, 0.15) is 84.3 Å². The van der Waals surface area contributed by atoms with E-state index < -0.39 is 5.97 Å². The molecule has 6 nitrogen and oxygen atoms in total. The van der Waals surface area contributed by atoms with Gasteiger partial charge in [0.15, 0.2) is 5.11 Å². The van der Waals surface area contributed by atoms with Crippen LogP contribution in [0.5, 0.6) is 0 Å². The van der Waals surface area contributed by atoms with Crippen molar-refractivity contribution in [1.29, 1.82) is 0 Å². The van der Waals surface area contributed by atoms with E-state index in [4.69, 9.17) is 17.0 Å². The molecule has 33 heavy (non-hydrogen) atoms. The second kappa shape index (κ2) is 11.1. The summed E-state index contributed by atoms with van der Waals surface area (Å²) >= 11 is 6.75. The Balaban J connectivity index is 2.24. The predicted octanol–water partition coefficient (Wildman–Crippen LogP) is 5.67. The summed E-state index contributed by atoms with van der Waals surface area (Å²) < 4.78 is 4.97. The van der Waals surface area contributed by atoms with E-state index in [1.165, 1.54) is 24.0 Å². The molecule has 0 fully saturated rings. The number of benzene rings is 1. The van der Waals surface area contributed by atoms with Gasteiger partial charge < -0.3 is 20.3 Å². The summed E-state index contributed by atoms with van der Waals surface area (Å²) in [6, 6.07) is 8.41. The molecule has 1 aromatic carbocycles. The fraction of sp³-hybridized carbons (Fsp3) is 0.480. The summed E-state index contributed by atoms with van der Waals surface area (Å²) in [5, 5.41) is 7.26. The summed E-state index contributed by atoms with van der Waals surface area (Å²) in [5.74, 6) is -0.606. The number of esters is 1. The van der Waals surface area contributed by atoms with Crippen LogP contribution in [-0.4, -0.2) is 42.1 Å². The van der Waals surface area contributed by atoms with Crippen molar-refractivity contribution in [3.8, 4) is 0 Å². The molecule has 2 N–H and O–H groups in total. The maximum absolute atomic E-state index is 13.0. The molecule has 0 aliphatic rings. The lowest BCUT2D eigenvalue weighted by Gasteiger charge is -2.21. The van der Waals surface area contributed by atoms with E-state index in [1.54, 1.807) is 11.8 Å². The molecule has 0 aliphatic heterocycles. The highest BCUT2D eigenvalue weighted by atomic mass is 32.1. The van der Waals surface area contributed by atoms with Crippen LogP contribution in [0.3, 0.4) is 0 Å². The van der Waals surface area contributed by atoms with Crippen molar-refractivity contribution in [3.05, 3.63) is 51.4 Å². The zero-order valence-corrected chi connectivity index (χ0v) is 22.4. The monoisotopic (exact) mass is 489 g/mol. The molecule has 1 aromatic heterocycles. The predicted molar refractivity (Wildman–Crippen MR) is 141 cm³/mol. The average molecular weight is 490 g/mol. The SMILES string of the molecule is CCN(CC)C(=O)c1sc(NC(=S)N[C@@H](C)c2ccc(C(C)(C)C)cc2)c(C(=O)OC)c1C. The number of amides is 1. The number of methoxy groups -OCH3 is 1. The minimum Gasteiger partial charge on any atom is -0.465 e. The van der Waals surface area contributed by atoms with Gasteiger partial charge in [-0.05, 0) is 62.0 Å². The zero-order chi connectivity index (χ0) is 24.9. The first-order valence-electron chi connectivity index (χ1n) is 11.1. The number of thiocarbonyl (C=S) groups is 1. The molecule has 0 bridgehead atoms. The molecule has 1 atom stereocenters. The van der Waals surface area contributed by atoms with E-state index in [2.05, 4.69) is 55.7 Å². The van der Waals surface area contributed by atoms with Crippen molar-refractivity contribution < 1.29 is 14.3 Å². The highest BCUT2D eigenvalue weighted by Crippen LogP contribution is 2.34. The van der Waals surface area contributed by atoms with Gasteiger partial charge in [0.1, 0.15) is 5.00 Å². The van der Waals surface area contributed by atoms with Crippen LogP contribution in [0, 0.1) is 6.92 Å². The van der Waals surface area contributed by atoms with Crippen molar-refractivity contribution >= 4 is 45.5 Å². The van der Waals surface area contributed by atoms with Gasteiger partial charge in [-0.1, -0.05) is 45.0 Å². The first-order valence-corrected chi connectivity index (χ1v) is 12.4. The van der Waals surface area contributed by atoms with Crippen LogP contribution in [0.4, 0.5) is 5.00 Å². The van der Waals surface area contributed by atoms with Gasteiger partial charge in [0.25, 0.3) is 5.91 Å². The molecule has 0 aliphatic carbocycles. The molecule has 1 heterocycles. The second-order valence-electron chi connectivity index (χ2n) is 8.92. The lowest BCUT2D eigenvalue weighted by atomic mass is 9.86. The van der Waals surface area contributed by atoms with Crippen molar-refractivity contribution in [1.82, 2.24) is 10.2 Å². The van der Waals surface area contributed by atoms with Gasteiger partial charge in [0.2, 0.25) is 0 Å². The van der Waals surface area contributed by atoms with Crippen LogP contribution in [-0.2, 0) is 10.2 Å². The van der Waals surface area contributed by atoms with E-state index in [-0.39, 0.29) is 17.4 Å². The number of nitrogens with one attached hydrogen (secondary N) is 2. The largest absolute Gasteiger partial charge is 0.465 e. The van der Waals surface area contributed by atoms with Gasteiger partial charge in [-0.15, -0.1) is 11.3 Å². The van der Waals surface area contributed by atoms with Crippen LogP contribution in [0.2, 0.25) is 0 Å². The van der Waals surface area contributed by atoms with Crippen molar-refractivity contribution in [2.24, 2.45) is 0 Å². The number of nitrogens with zero attached hydrogens (tertiary/aromatic N) is 1. The minimum absolute atomic E-state index is 0.0431. The number of rotatable bonds is 7. The van der Waals surface area contributed by atoms with Crippen molar-refractivity contribution in [3.63, 3.8) is 0 Å². The Morgan fingerprint density at radius 2 is 1.73 bits per heavy atom. The summed E-state index contributed by atoms with van der Waals surface area (Å²) in [6.07, 6.45) is 0. The molecular formula is C25H35N3O3S2. The van der Waals surface area contributed by atoms with Crippen LogP contribution >= 0.6 is 23.6 Å². The lowest BCUT2D eigenvalue weighted by Crippen LogP contribution is -2.31. The maximum Gasteiger partial charge on any atom is 0.341 e. The van der Waals surface area contributed by atoms with Crippen LogP contribution in [0.25, 0.3) is 0 Å². The Bertz CT molecular complexity index is 1000. The highest BCUT2D eigenvalue weighted by Gasteiger charge is 2.27. The van der Waals surface area contributed by atoms with Crippen molar-refractivity contribution in [2.45, 2.75) is 59.9 Å². The molecule has 8 heteroatoms. The lowest BCUT2D eigenvalue weighted by molar-refractivity contribution is 0.0601. The molecule has 0 saturated heterocycles. The molecule has 0 spiro atoms. The fourth-order valence-electron chi connectivity index (χ4n) is 3.50. The standard InChI is InChI=1S/C25H35N3O3S2/c1-9-28(10-2)22(29)20-15(3)19(23(30)31-8)21(33-20)27-24(32)26-16(4)17-11-13-18(14-12-17)25(5,6)7/h11-14,16H,9-10H2,1-8H3,(H2,26,27,32)/t16-/m0/s1. The second-order valence-corrected chi connectivity index (χ2v) is 10.4. The van der Waals surface area contributed by atoms with E-state index in [9.17, 15) is 9.59 Å². The van der Waals surface area contributed by atoms with E-state index in [0.717, 1.165) is 5.56 Å². The number of hydrogen-bond acceptors (Lipinski definition) is 5. The van der Waals surface area contributed by atoms with E-state index in [0.29, 0.717) is 39.2 Å². The number of carbonyl (C=O) groups excluding carboxylic acids is 2. The van der Waals surface area contributed by atoms with E-state index in [1.807, 2.05) is 20.8 Å². The first kappa shape index (κ1) is 26.8. The zero-order valence-electron chi connectivity index (χ0n) is 20.8. The van der Waals surface area contributed by atoms with Gasteiger partial charge >= 0.3 is 5.97 Å². The summed E-state index contributed by atoms with van der Waals surface area (Å²) in [7, 11) is 1.33. The van der Waals surface area contributed by atoms with Gasteiger partial charge in [-0.25, -0.2) is 4.79 Å². The highest BCUT2D eigenvalue weighted by molar-refractivity contribution is 7.80. The Morgan fingerprint density at radius 1 is 1.15 bits per heavy atom. The molecule has 1 amide bonds. The van der Waals surface area contributed by atoms with Gasteiger partial charge in [0.05, 0.1) is 23.6 Å². The Hall–Kier alpha value is -2.45. The minimum atomic E-state index is -0.501. The number of carbonyl (C=O) groups is 2. The first-order chi connectivity index (χ1) is 15.4. The summed E-state index contributed by atoms with van der Waals surface area (Å²) in [5.41, 5.74) is 3.39. The van der Waals surface area contributed by atoms with E-state index >= 15 is 0 Å². The molecule has 0 saturated carbocycles. The molecule has 0 unspecified atom stereocenters. The Morgan fingerprint density at radius 3 is 2.21 bits per heavy atom. The third kappa shape index (κ3) is 6.32. The number of anilines is 1. The molecular weight excluding hydrogens is 454 g/mol. The normalized spacial score (nSPS) is 12.1. The molecule has 180 valence electrons. The van der Waals surface area contributed by atoms with Gasteiger partial charge in [-0.3, -0.25) is 4.79 Å². The maximum atomic E-state index is 13.0. The van der Waals surface area contributed by atoms with Crippen LogP contribution in [0.15, 0.2) is 24.3 Å². The van der Waals surface area contributed by atoms with Gasteiger partial charge in [-0.2, -0.15) is 0 Å². The van der Waals surface area contributed by atoms with Gasteiger partial charge in [0, 0.05) is 13.1 Å². The fourth-order valence-corrected chi connectivity index (χ4v) is 5.01. The number of ether oxygens (including phenoxy) is 1. The summed E-state index contributed by atoms with van der Waals surface area (Å²) in [4.78, 5) is 27.7. The Kier molecular flexibility index (Phi) is 9.03. The quantitative estimate of drug-likeness (QED) is 0.386.